The second-order valence-electron chi connectivity index (χ2n) is 13.4. The zero-order valence-corrected chi connectivity index (χ0v) is 26.5. The number of allylic oxidation sites excluding steroid dienone is 1. The molecule has 0 aromatic carbocycles. The fourth-order valence-electron chi connectivity index (χ4n) is 6.72. The number of fused-ring (bicyclic) bond motifs is 5. The van der Waals surface area contributed by atoms with Crippen LogP contribution in [0.3, 0.4) is 0 Å². The lowest BCUT2D eigenvalue weighted by Gasteiger charge is -2.44. The van der Waals surface area contributed by atoms with E-state index in [-0.39, 0.29) is 42.8 Å². The first kappa shape index (κ1) is 35.2. The van der Waals surface area contributed by atoms with Gasteiger partial charge in [-0.25, -0.2) is 0 Å². The minimum absolute atomic E-state index is 0.0344. The molecule has 44 heavy (non-hydrogen) atoms. The summed E-state index contributed by atoms with van der Waals surface area (Å²) in [5.74, 6) is -4.56. The third-order valence-electron chi connectivity index (χ3n) is 9.75. The Morgan fingerprint density at radius 1 is 0.977 bits per heavy atom. The van der Waals surface area contributed by atoms with Gasteiger partial charge in [-0.3, -0.25) is 9.59 Å². The van der Waals surface area contributed by atoms with Crippen molar-refractivity contribution < 1.29 is 54.1 Å². The van der Waals surface area contributed by atoms with E-state index in [1.54, 1.807) is 26.8 Å². The van der Waals surface area contributed by atoms with Gasteiger partial charge in [0.25, 0.3) is 0 Å². The predicted octanol–water partition coefficient (Wildman–Crippen LogP) is 2.24. The average Bonchev–Trinajstić information content (AvgIpc) is 3.65. The van der Waals surface area contributed by atoms with E-state index >= 15 is 0 Å². The van der Waals surface area contributed by atoms with Crippen molar-refractivity contribution in [1.29, 1.82) is 0 Å². The normalized spacial score (nSPS) is 46.0. The highest BCUT2D eigenvalue weighted by Gasteiger charge is 2.52. The highest BCUT2D eigenvalue weighted by atomic mass is 16.7. The van der Waals surface area contributed by atoms with Crippen molar-refractivity contribution in [3.8, 4) is 0 Å². The molecule has 0 saturated carbocycles. The fourth-order valence-corrected chi connectivity index (χ4v) is 6.72. The van der Waals surface area contributed by atoms with E-state index < -0.39 is 72.4 Å². The minimum atomic E-state index is -2.19. The van der Waals surface area contributed by atoms with Gasteiger partial charge in [0, 0.05) is 12.3 Å². The Bertz CT molecular complexity index is 1060. The van der Waals surface area contributed by atoms with Crippen molar-refractivity contribution in [3.05, 3.63) is 23.8 Å². The van der Waals surface area contributed by atoms with E-state index in [1.807, 2.05) is 6.92 Å². The number of epoxide rings is 1. The van der Waals surface area contributed by atoms with Crippen LogP contribution in [-0.4, -0.2) is 104 Å². The molecule has 11 nitrogen and oxygen atoms in total. The van der Waals surface area contributed by atoms with Crippen LogP contribution in [0, 0.1) is 11.8 Å². The first-order chi connectivity index (χ1) is 20.7. The highest BCUT2D eigenvalue weighted by Crippen LogP contribution is 2.39. The zero-order chi connectivity index (χ0) is 32.3. The van der Waals surface area contributed by atoms with Crippen molar-refractivity contribution in [2.75, 3.05) is 0 Å². The van der Waals surface area contributed by atoms with Crippen LogP contribution in [0.1, 0.15) is 91.9 Å². The number of aliphatic hydroxyl groups excluding tert-OH is 4. The van der Waals surface area contributed by atoms with E-state index in [9.17, 15) is 35.1 Å². The average molecular weight is 625 g/mol. The molecule has 0 amide bonds. The third-order valence-corrected chi connectivity index (χ3v) is 9.75. The number of Topliss-reactive ketones (excluding diaryl/α,β-unsaturated/α-hetero) is 1. The second kappa shape index (κ2) is 14.8. The second-order valence-corrected chi connectivity index (χ2v) is 13.4. The number of esters is 1. The van der Waals surface area contributed by atoms with Crippen LogP contribution < -0.4 is 0 Å². The van der Waals surface area contributed by atoms with Gasteiger partial charge >= 0.3 is 5.97 Å². The Labute approximate surface area is 260 Å². The Morgan fingerprint density at radius 3 is 2.39 bits per heavy atom. The Morgan fingerprint density at radius 2 is 1.68 bits per heavy atom. The standard InChI is InChI=1S/C33H52O11/c1-6-7-8-25-26-11-9-21(41-26)15-22-10-12-27(36)33(40,44-22)28(37)14-17(2)13-18(3)23(34)16-24(35)19(4)30-31(43-30)29(38)20(5)32(39)42-25/h13,18,20-22,24-31,35-38,40H,4,6-12,14-16H2,1-3,5H3/b17-13+/t18?,20-,21-,22-,24-,25-,26-,27-,28-,29-,30+,31+,33-/m1/s1. The number of ketones is 1. The number of hydrogen-bond donors (Lipinski definition) is 5. The summed E-state index contributed by atoms with van der Waals surface area (Å²) >= 11 is 0. The van der Waals surface area contributed by atoms with Crippen molar-refractivity contribution in [1.82, 2.24) is 0 Å². The lowest BCUT2D eigenvalue weighted by Crippen LogP contribution is -2.59. The van der Waals surface area contributed by atoms with Gasteiger partial charge in [0.15, 0.2) is 0 Å². The molecule has 0 aliphatic carbocycles. The van der Waals surface area contributed by atoms with Gasteiger partial charge in [-0.1, -0.05) is 38.5 Å². The molecule has 0 aromatic heterocycles. The van der Waals surface area contributed by atoms with Crippen LogP contribution in [0.4, 0.5) is 0 Å². The molecule has 4 aliphatic heterocycles. The largest absolute Gasteiger partial charge is 0.459 e. The van der Waals surface area contributed by atoms with Gasteiger partial charge in [0.1, 0.15) is 36.3 Å². The zero-order valence-electron chi connectivity index (χ0n) is 26.5. The third kappa shape index (κ3) is 8.17. The smallest absolute Gasteiger partial charge is 0.311 e. The summed E-state index contributed by atoms with van der Waals surface area (Å²) in [4.78, 5) is 26.1. The first-order valence-electron chi connectivity index (χ1n) is 16.3. The highest BCUT2D eigenvalue weighted by molar-refractivity contribution is 5.83. The van der Waals surface area contributed by atoms with E-state index in [1.165, 1.54) is 0 Å². The quantitative estimate of drug-likeness (QED) is 0.177. The van der Waals surface area contributed by atoms with Crippen molar-refractivity contribution in [3.63, 3.8) is 0 Å². The Balaban J connectivity index is 1.55. The van der Waals surface area contributed by atoms with E-state index in [0.29, 0.717) is 37.7 Å². The molecule has 13 atom stereocenters. The van der Waals surface area contributed by atoms with Crippen LogP contribution in [0.25, 0.3) is 0 Å². The number of aliphatic hydroxyl groups is 5. The number of cyclic esters (lactones) is 1. The van der Waals surface area contributed by atoms with Crippen LogP contribution in [0.15, 0.2) is 23.8 Å². The molecule has 4 aliphatic rings. The molecule has 250 valence electrons. The van der Waals surface area contributed by atoms with Crippen LogP contribution in [0.5, 0.6) is 0 Å². The van der Waals surface area contributed by atoms with Crippen molar-refractivity contribution in [2.45, 2.75) is 159 Å². The van der Waals surface area contributed by atoms with Gasteiger partial charge in [0.05, 0.1) is 36.4 Å². The number of ether oxygens (including phenoxy) is 4. The Kier molecular flexibility index (Phi) is 11.8. The molecule has 0 radical (unpaired) electrons. The van der Waals surface area contributed by atoms with Gasteiger partial charge in [0.2, 0.25) is 5.79 Å². The maximum absolute atomic E-state index is 13.2. The number of carbonyl (C=O) groups is 2. The molecule has 0 spiro atoms. The molecular weight excluding hydrogens is 572 g/mol. The van der Waals surface area contributed by atoms with Crippen LogP contribution in [-0.2, 0) is 28.5 Å². The van der Waals surface area contributed by atoms with Crippen molar-refractivity contribution in [2.24, 2.45) is 11.8 Å². The fraction of sp³-hybridized carbons (Fsp3) is 0.818. The summed E-state index contributed by atoms with van der Waals surface area (Å²) in [6.07, 6.45) is -1.92. The topological polar surface area (TPSA) is 176 Å². The summed E-state index contributed by atoms with van der Waals surface area (Å²) < 4.78 is 23.8. The molecule has 1 unspecified atom stereocenters. The predicted molar refractivity (Wildman–Crippen MR) is 159 cm³/mol. The van der Waals surface area contributed by atoms with Gasteiger partial charge in [-0.05, 0) is 70.8 Å². The first-order valence-corrected chi connectivity index (χ1v) is 16.3. The lowest BCUT2D eigenvalue weighted by atomic mass is 9.88. The molecular formula is C33H52O11. The summed E-state index contributed by atoms with van der Waals surface area (Å²) in [6.45, 7) is 10.9. The lowest BCUT2D eigenvalue weighted by molar-refractivity contribution is -0.337. The maximum Gasteiger partial charge on any atom is 0.311 e. The van der Waals surface area contributed by atoms with Gasteiger partial charge in [-0.2, -0.15) is 0 Å². The number of hydrogen-bond acceptors (Lipinski definition) is 11. The molecule has 3 fully saturated rings. The molecule has 4 bridgehead atoms. The summed E-state index contributed by atoms with van der Waals surface area (Å²) in [6, 6.07) is 0. The summed E-state index contributed by atoms with van der Waals surface area (Å²) in [7, 11) is 0. The molecule has 0 aromatic rings. The number of unbranched alkanes of at least 4 members (excludes halogenated alkanes) is 1. The molecule has 5 N–H and O–H groups in total. The van der Waals surface area contributed by atoms with Gasteiger partial charge < -0.3 is 44.5 Å². The minimum Gasteiger partial charge on any atom is -0.459 e. The summed E-state index contributed by atoms with van der Waals surface area (Å²) in [5, 5.41) is 54.7. The molecule has 3 saturated heterocycles. The van der Waals surface area contributed by atoms with E-state index in [4.69, 9.17) is 18.9 Å². The number of carbonyl (C=O) groups excluding carboxylic acids is 2. The molecule has 11 heteroatoms. The summed E-state index contributed by atoms with van der Waals surface area (Å²) in [5.41, 5.74) is 0.861. The monoisotopic (exact) mass is 624 g/mol. The molecule has 4 heterocycles. The maximum atomic E-state index is 13.2. The van der Waals surface area contributed by atoms with Gasteiger partial charge in [-0.15, -0.1) is 0 Å². The van der Waals surface area contributed by atoms with E-state index in [2.05, 4.69) is 6.58 Å². The van der Waals surface area contributed by atoms with Crippen molar-refractivity contribution >= 4 is 11.8 Å². The SMILES string of the molecule is C=C1[C@H](O)CC(=O)C(C)/C=C(\C)C[C@@H](O)[C@]2(O)O[C@H](CC[C@H]2O)C[C@H]2CC[C@@H](O2)[C@@H](CCCC)OC(=O)[C@H](C)[C@@H](O)[C@@H]2O[C@@H]12. The Hall–Kier alpha value is -1.70. The molecule has 4 rings (SSSR count). The number of rotatable bonds is 3. The van der Waals surface area contributed by atoms with E-state index in [0.717, 1.165) is 12.8 Å². The van der Waals surface area contributed by atoms with Crippen LogP contribution in [0.2, 0.25) is 0 Å². The van der Waals surface area contributed by atoms with Crippen LogP contribution >= 0.6 is 0 Å².